The van der Waals surface area contributed by atoms with E-state index in [9.17, 15) is 0 Å². The fourth-order valence-corrected chi connectivity index (χ4v) is 1.93. The van der Waals surface area contributed by atoms with Gasteiger partial charge in [0, 0.05) is 0 Å². The third kappa shape index (κ3) is 0.973. The second kappa shape index (κ2) is 2.58. The van der Waals surface area contributed by atoms with Gasteiger partial charge in [-0.3, -0.25) is 0 Å². The van der Waals surface area contributed by atoms with Crippen LogP contribution in [0.3, 0.4) is 0 Å². The molecule has 0 aliphatic rings. The molecule has 2 rings (SSSR count). The van der Waals surface area contributed by atoms with Crippen LogP contribution in [-0.2, 0) is 0 Å². The number of hydrogen-bond acceptors (Lipinski definition) is 3. The molecule has 1 heterocycles. The molecule has 0 N–H and O–H groups in total. The number of aromatic nitrogens is 1. The highest BCUT2D eigenvalue weighted by Gasteiger charge is 2.03. The first kappa shape index (κ1) is 7.26. The predicted octanol–water partition coefficient (Wildman–Crippen LogP) is 2.48. The normalized spacial score (nSPS) is 10.0. The van der Waals surface area contributed by atoms with Gasteiger partial charge in [0.1, 0.15) is 6.07 Å². The van der Waals surface area contributed by atoms with Crippen molar-refractivity contribution in [3.05, 3.63) is 28.8 Å². The lowest BCUT2D eigenvalue weighted by Gasteiger charge is -1.93. The Morgan fingerprint density at radius 2 is 2.33 bits per heavy atom. The molecule has 0 amide bonds. The number of rotatable bonds is 0. The van der Waals surface area contributed by atoms with Crippen molar-refractivity contribution in [3.8, 4) is 6.07 Å². The molecule has 0 unspecified atom stereocenters. The summed E-state index contributed by atoms with van der Waals surface area (Å²) in [5.41, 5.74) is 4.51. The molecule has 2 nitrogen and oxygen atoms in total. The molecule has 0 radical (unpaired) electrons. The van der Waals surface area contributed by atoms with Gasteiger partial charge in [-0.1, -0.05) is 0 Å². The molecule has 0 spiro atoms. The predicted molar refractivity (Wildman–Crippen MR) is 49.1 cm³/mol. The quantitative estimate of drug-likeness (QED) is 0.615. The smallest absolute Gasteiger partial charge is 0.101 e. The largest absolute Gasteiger partial charge is 0.245 e. The van der Waals surface area contributed by atoms with Gasteiger partial charge < -0.3 is 0 Å². The first-order valence-corrected chi connectivity index (χ1v) is 4.43. The van der Waals surface area contributed by atoms with E-state index in [1.54, 1.807) is 5.51 Å². The maximum absolute atomic E-state index is 8.81. The van der Waals surface area contributed by atoms with Crippen molar-refractivity contribution in [2.24, 2.45) is 0 Å². The SMILES string of the molecule is Cc1cc(C#N)c2scnc2c1. The lowest BCUT2D eigenvalue weighted by Crippen LogP contribution is -1.78. The van der Waals surface area contributed by atoms with Crippen LogP contribution in [0, 0.1) is 18.3 Å². The minimum absolute atomic E-state index is 0.729. The Labute approximate surface area is 74.1 Å². The van der Waals surface area contributed by atoms with Crippen LogP contribution in [0.25, 0.3) is 10.2 Å². The van der Waals surface area contributed by atoms with Crippen LogP contribution in [0.2, 0.25) is 0 Å². The number of nitriles is 1. The van der Waals surface area contributed by atoms with Crippen LogP contribution < -0.4 is 0 Å². The van der Waals surface area contributed by atoms with Gasteiger partial charge in [0.2, 0.25) is 0 Å². The number of benzene rings is 1. The Morgan fingerprint density at radius 1 is 1.50 bits per heavy atom. The Kier molecular flexibility index (Phi) is 1.56. The molecule has 1 aromatic carbocycles. The summed E-state index contributed by atoms with van der Waals surface area (Å²) < 4.78 is 0.989. The molecule has 0 atom stereocenters. The Balaban J connectivity index is 2.91. The first-order chi connectivity index (χ1) is 5.81. The molecule has 58 valence electrons. The van der Waals surface area contributed by atoms with Crippen LogP contribution >= 0.6 is 11.3 Å². The zero-order valence-corrected chi connectivity index (χ0v) is 7.35. The van der Waals surface area contributed by atoms with Gasteiger partial charge in [-0.05, 0) is 24.6 Å². The molecule has 12 heavy (non-hydrogen) atoms. The van der Waals surface area contributed by atoms with E-state index >= 15 is 0 Å². The Hall–Kier alpha value is -1.40. The highest BCUT2D eigenvalue weighted by Crippen LogP contribution is 2.23. The second-order valence-electron chi connectivity index (χ2n) is 2.62. The summed E-state index contributed by atoms with van der Waals surface area (Å²) in [6, 6.07) is 6.05. The van der Waals surface area contributed by atoms with Gasteiger partial charge in [-0.25, -0.2) is 4.98 Å². The number of aryl methyl sites for hydroxylation is 1. The lowest BCUT2D eigenvalue weighted by atomic mass is 10.1. The molecule has 1 aromatic heterocycles. The maximum atomic E-state index is 8.81. The van der Waals surface area contributed by atoms with Crippen molar-refractivity contribution in [1.82, 2.24) is 4.98 Å². The summed E-state index contributed by atoms with van der Waals surface area (Å²) >= 11 is 1.51. The fraction of sp³-hybridized carbons (Fsp3) is 0.111. The minimum Gasteiger partial charge on any atom is -0.245 e. The molecule has 0 saturated carbocycles. The summed E-state index contributed by atoms with van der Waals surface area (Å²) in [6.45, 7) is 1.97. The van der Waals surface area contributed by atoms with Crippen molar-refractivity contribution >= 4 is 21.6 Å². The average molecular weight is 174 g/mol. The zero-order chi connectivity index (χ0) is 8.55. The average Bonchev–Trinajstić information content (AvgIpc) is 2.50. The van der Waals surface area contributed by atoms with Crippen LogP contribution in [-0.4, -0.2) is 4.98 Å². The van der Waals surface area contributed by atoms with Gasteiger partial charge in [0.15, 0.2) is 0 Å². The summed E-state index contributed by atoms with van der Waals surface area (Å²) in [5, 5.41) is 8.81. The van der Waals surface area contributed by atoms with Crippen molar-refractivity contribution in [3.63, 3.8) is 0 Å². The summed E-state index contributed by atoms with van der Waals surface area (Å²) in [7, 11) is 0. The third-order valence-electron chi connectivity index (χ3n) is 1.70. The van der Waals surface area contributed by atoms with Crippen LogP contribution in [0.1, 0.15) is 11.1 Å². The maximum Gasteiger partial charge on any atom is 0.101 e. The number of hydrogen-bond donors (Lipinski definition) is 0. The van der Waals surface area contributed by atoms with Crippen LogP contribution in [0.15, 0.2) is 17.6 Å². The standard InChI is InChI=1S/C9H6N2S/c1-6-2-7(4-10)9-8(3-6)11-5-12-9/h2-3,5H,1H3. The number of fused-ring (bicyclic) bond motifs is 1. The van der Waals surface area contributed by atoms with E-state index in [0.717, 1.165) is 21.3 Å². The van der Waals surface area contributed by atoms with E-state index in [1.807, 2.05) is 19.1 Å². The monoisotopic (exact) mass is 174 g/mol. The minimum atomic E-state index is 0.729. The van der Waals surface area contributed by atoms with E-state index in [1.165, 1.54) is 11.3 Å². The summed E-state index contributed by atoms with van der Waals surface area (Å²) in [5.74, 6) is 0. The van der Waals surface area contributed by atoms with Gasteiger partial charge in [0.05, 0.1) is 21.3 Å². The Morgan fingerprint density at radius 3 is 3.08 bits per heavy atom. The van der Waals surface area contributed by atoms with E-state index in [0.29, 0.717) is 0 Å². The van der Waals surface area contributed by atoms with E-state index in [4.69, 9.17) is 5.26 Å². The number of nitrogens with zero attached hydrogens (tertiary/aromatic N) is 2. The van der Waals surface area contributed by atoms with Gasteiger partial charge >= 0.3 is 0 Å². The topological polar surface area (TPSA) is 36.7 Å². The Bertz CT molecular complexity index is 465. The van der Waals surface area contributed by atoms with Crippen LogP contribution in [0.5, 0.6) is 0 Å². The first-order valence-electron chi connectivity index (χ1n) is 3.55. The highest BCUT2D eigenvalue weighted by atomic mass is 32.1. The molecule has 0 fully saturated rings. The van der Waals surface area contributed by atoms with E-state index < -0.39 is 0 Å². The number of thiazole rings is 1. The lowest BCUT2D eigenvalue weighted by molar-refractivity contribution is 1.42. The third-order valence-corrected chi connectivity index (χ3v) is 2.57. The molecular weight excluding hydrogens is 168 g/mol. The van der Waals surface area contributed by atoms with E-state index in [2.05, 4.69) is 11.1 Å². The van der Waals surface area contributed by atoms with Gasteiger partial charge in [-0.2, -0.15) is 5.26 Å². The molecular formula is C9H6N2S. The summed E-state index contributed by atoms with van der Waals surface area (Å²) in [6.07, 6.45) is 0. The van der Waals surface area contributed by atoms with Crippen molar-refractivity contribution in [2.75, 3.05) is 0 Å². The van der Waals surface area contributed by atoms with Crippen molar-refractivity contribution < 1.29 is 0 Å². The zero-order valence-electron chi connectivity index (χ0n) is 6.53. The fourth-order valence-electron chi connectivity index (χ4n) is 1.19. The van der Waals surface area contributed by atoms with Gasteiger partial charge in [0.25, 0.3) is 0 Å². The molecule has 2 aromatic rings. The molecule has 0 aliphatic carbocycles. The van der Waals surface area contributed by atoms with Crippen LogP contribution in [0.4, 0.5) is 0 Å². The van der Waals surface area contributed by atoms with Crippen molar-refractivity contribution in [2.45, 2.75) is 6.92 Å². The van der Waals surface area contributed by atoms with E-state index in [-0.39, 0.29) is 0 Å². The molecule has 0 bridgehead atoms. The summed E-state index contributed by atoms with van der Waals surface area (Å²) in [4.78, 5) is 4.16. The van der Waals surface area contributed by atoms with Gasteiger partial charge in [-0.15, -0.1) is 11.3 Å². The second-order valence-corrected chi connectivity index (χ2v) is 3.48. The molecule has 0 saturated heterocycles. The molecule has 0 aliphatic heterocycles. The van der Waals surface area contributed by atoms with Crippen molar-refractivity contribution in [1.29, 1.82) is 5.26 Å². The molecule has 3 heteroatoms. The highest BCUT2D eigenvalue weighted by molar-refractivity contribution is 7.17.